The number of fused-ring (bicyclic) bond motifs is 1. The highest BCUT2D eigenvalue weighted by atomic mass is 15.1. The molecule has 3 heterocycles. The zero-order valence-corrected chi connectivity index (χ0v) is 19.0. The summed E-state index contributed by atoms with van der Waals surface area (Å²) in [5, 5.41) is 1.18. The molecule has 5 aromatic rings. The van der Waals surface area contributed by atoms with Crippen LogP contribution in [0.1, 0.15) is 50.7 Å². The first kappa shape index (κ1) is 20.3. The first-order chi connectivity index (χ1) is 15.5. The Hall–Kier alpha value is -3.66. The molecule has 0 fully saturated rings. The highest BCUT2D eigenvalue weighted by molar-refractivity contribution is 5.85. The first-order valence-corrected chi connectivity index (χ1v) is 11.2. The maximum Gasteiger partial charge on any atom is 0.163 e. The van der Waals surface area contributed by atoms with E-state index in [2.05, 4.69) is 92.0 Å². The summed E-state index contributed by atoms with van der Waals surface area (Å²) in [6.07, 6.45) is 3.92. The Labute approximate surface area is 189 Å². The fraction of sp³-hybridized carbons (Fsp3) is 0.214. The van der Waals surface area contributed by atoms with Gasteiger partial charge < -0.3 is 4.98 Å². The largest absolute Gasteiger partial charge is 0.353 e. The standard InChI is InChI=1S/C28H28N4/c1-18(2)21-10-7-11-22(19(3)4)27(21)32-16-15-29-28(32)25-14-8-13-24(31-25)26-17-20-9-5-6-12-23(20)30-26/h5-19,30H,1-4H3. The van der Waals surface area contributed by atoms with E-state index in [9.17, 15) is 0 Å². The van der Waals surface area contributed by atoms with Gasteiger partial charge in [0.25, 0.3) is 0 Å². The number of nitrogens with one attached hydrogen (secondary N) is 1. The van der Waals surface area contributed by atoms with Crippen molar-refractivity contribution in [2.75, 3.05) is 0 Å². The molecule has 0 amide bonds. The molecule has 5 rings (SSSR count). The molecule has 2 aromatic carbocycles. The van der Waals surface area contributed by atoms with Gasteiger partial charge in [-0.15, -0.1) is 0 Å². The normalized spacial score (nSPS) is 11.7. The minimum Gasteiger partial charge on any atom is -0.353 e. The van der Waals surface area contributed by atoms with E-state index in [1.807, 2.05) is 24.4 Å². The summed E-state index contributed by atoms with van der Waals surface area (Å²) in [5.74, 6) is 1.67. The van der Waals surface area contributed by atoms with Gasteiger partial charge in [0.05, 0.1) is 17.1 Å². The first-order valence-electron chi connectivity index (χ1n) is 11.2. The Balaban J connectivity index is 1.65. The summed E-state index contributed by atoms with van der Waals surface area (Å²) in [5.41, 5.74) is 7.77. The minimum atomic E-state index is 0.407. The van der Waals surface area contributed by atoms with Gasteiger partial charge in [-0.3, -0.25) is 4.57 Å². The van der Waals surface area contributed by atoms with Crippen molar-refractivity contribution in [1.29, 1.82) is 0 Å². The number of para-hydroxylation sites is 2. The van der Waals surface area contributed by atoms with E-state index in [0.717, 1.165) is 28.4 Å². The van der Waals surface area contributed by atoms with Crippen LogP contribution >= 0.6 is 0 Å². The van der Waals surface area contributed by atoms with Crippen molar-refractivity contribution >= 4 is 10.9 Å². The lowest BCUT2D eigenvalue weighted by Crippen LogP contribution is -2.08. The number of hydrogen-bond donors (Lipinski definition) is 1. The Morgan fingerprint density at radius 2 is 1.47 bits per heavy atom. The van der Waals surface area contributed by atoms with Crippen LogP contribution in [0.2, 0.25) is 0 Å². The predicted octanol–water partition coefficient (Wildman–Crippen LogP) is 7.33. The number of imidazole rings is 1. The second-order valence-corrected chi connectivity index (χ2v) is 8.89. The number of H-pyrrole nitrogens is 1. The van der Waals surface area contributed by atoms with Crippen molar-refractivity contribution in [2.45, 2.75) is 39.5 Å². The second kappa shape index (κ2) is 8.12. The SMILES string of the molecule is CC(C)c1cccc(C(C)C)c1-n1ccnc1-c1cccc(-c2cc3ccccc3[nH]2)n1. The van der Waals surface area contributed by atoms with Crippen LogP contribution in [0.5, 0.6) is 0 Å². The molecule has 0 saturated carbocycles. The monoisotopic (exact) mass is 420 g/mol. The maximum atomic E-state index is 5.00. The highest BCUT2D eigenvalue weighted by Gasteiger charge is 2.19. The number of benzene rings is 2. The van der Waals surface area contributed by atoms with E-state index in [1.54, 1.807) is 0 Å². The van der Waals surface area contributed by atoms with E-state index in [-0.39, 0.29) is 0 Å². The molecule has 0 spiro atoms. The summed E-state index contributed by atoms with van der Waals surface area (Å²) < 4.78 is 2.21. The van der Waals surface area contributed by atoms with Crippen LogP contribution in [0, 0.1) is 0 Å². The zero-order chi connectivity index (χ0) is 22.2. The molecular weight excluding hydrogens is 392 g/mol. The van der Waals surface area contributed by atoms with Gasteiger partial charge in [0.2, 0.25) is 0 Å². The van der Waals surface area contributed by atoms with Crippen molar-refractivity contribution in [2.24, 2.45) is 0 Å². The van der Waals surface area contributed by atoms with Gasteiger partial charge in [-0.2, -0.15) is 0 Å². The lowest BCUT2D eigenvalue weighted by molar-refractivity contribution is 0.806. The van der Waals surface area contributed by atoms with Crippen molar-refractivity contribution in [1.82, 2.24) is 19.5 Å². The van der Waals surface area contributed by atoms with Crippen LogP contribution in [-0.2, 0) is 0 Å². The van der Waals surface area contributed by atoms with E-state index in [1.165, 1.54) is 22.2 Å². The van der Waals surface area contributed by atoms with E-state index in [0.29, 0.717) is 11.8 Å². The third-order valence-corrected chi connectivity index (χ3v) is 6.01. The predicted molar refractivity (Wildman–Crippen MR) is 132 cm³/mol. The maximum absolute atomic E-state index is 5.00. The van der Waals surface area contributed by atoms with Crippen molar-refractivity contribution in [3.05, 3.63) is 90.3 Å². The Morgan fingerprint density at radius 1 is 0.781 bits per heavy atom. The molecule has 3 aromatic heterocycles. The molecule has 0 aliphatic heterocycles. The second-order valence-electron chi connectivity index (χ2n) is 8.89. The summed E-state index contributed by atoms with van der Waals surface area (Å²) in [4.78, 5) is 13.2. The molecule has 0 aliphatic carbocycles. The van der Waals surface area contributed by atoms with Crippen molar-refractivity contribution in [3.63, 3.8) is 0 Å². The summed E-state index contributed by atoms with van der Waals surface area (Å²) in [6.45, 7) is 8.98. The topological polar surface area (TPSA) is 46.5 Å². The average molecular weight is 421 g/mol. The summed E-state index contributed by atoms with van der Waals surface area (Å²) in [7, 11) is 0. The molecule has 0 atom stereocenters. The van der Waals surface area contributed by atoms with Crippen molar-refractivity contribution < 1.29 is 0 Å². The molecule has 32 heavy (non-hydrogen) atoms. The third-order valence-electron chi connectivity index (χ3n) is 6.01. The van der Waals surface area contributed by atoms with Gasteiger partial charge in [-0.25, -0.2) is 9.97 Å². The van der Waals surface area contributed by atoms with Crippen molar-refractivity contribution in [3.8, 4) is 28.6 Å². The fourth-order valence-electron chi connectivity index (χ4n) is 4.38. The molecule has 0 bridgehead atoms. The molecule has 0 saturated heterocycles. The number of nitrogens with zero attached hydrogens (tertiary/aromatic N) is 3. The molecule has 4 heteroatoms. The lowest BCUT2D eigenvalue weighted by Gasteiger charge is -2.21. The van der Waals surface area contributed by atoms with Crippen LogP contribution in [0.15, 0.2) is 79.1 Å². The summed E-state index contributed by atoms with van der Waals surface area (Å²) >= 11 is 0. The van der Waals surface area contributed by atoms with E-state index < -0.39 is 0 Å². The number of aromatic nitrogens is 4. The number of aromatic amines is 1. The van der Waals surface area contributed by atoms with Gasteiger partial charge in [-0.1, -0.05) is 70.2 Å². The van der Waals surface area contributed by atoms with Crippen LogP contribution in [-0.4, -0.2) is 19.5 Å². The minimum absolute atomic E-state index is 0.407. The Kier molecular flexibility index (Phi) is 5.14. The quantitative estimate of drug-likeness (QED) is 0.323. The molecule has 160 valence electrons. The average Bonchev–Trinajstić information content (AvgIpc) is 3.46. The third kappa shape index (κ3) is 3.52. The van der Waals surface area contributed by atoms with Crippen LogP contribution in [0.3, 0.4) is 0 Å². The zero-order valence-electron chi connectivity index (χ0n) is 19.0. The highest BCUT2D eigenvalue weighted by Crippen LogP contribution is 2.34. The Morgan fingerprint density at radius 3 is 2.19 bits per heavy atom. The molecular formula is C28H28N4. The fourth-order valence-corrected chi connectivity index (χ4v) is 4.38. The number of pyridine rings is 1. The molecule has 0 aliphatic rings. The number of rotatable bonds is 5. The molecule has 4 nitrogen and oxygen atoms in total. The van der Waals surface area contributed by atoms with Crippen LogP contribution < -0.4 is 0 Å². The summed E-state index contributed by atoms with van der Waals surface area (Å²) in [6, 6.07) is 23.2. The molecule has 1 N–H and O–H groups in total. The number of hydrogen-bond acceptors (Lipinski definition) is 2. The van der Waals surface area contributed by atoms with Gasteiger partial charge >= 0.3 is 0 Å². The van der Waals surface area contributed by atoms with Crippen LogP contribution in [0.4, 0.5) is 0 Å². The van der Waals surface area contributed by atoms with Gasteiger partial charge in [-0.05, 0) is 47.2 Å². The van der Waals surface area contributed by atoms with E-state index in [4.69, 9.17) is 9.97 Å². The Bertz CT molecular complexity index is 1330. The molecule has 0 radical (unpaired) electrons. The van der Waals surface area contributed by atoms with Gasteiger partial charge in [0.15, 0.2) is 5.82 Å². The smallest absolute Gasteiger partial charge is 0.163 e. The van der Waals surface area contributed by atoms with E-state index >= 15 is 0 Å². The van der Waals surface area contributed by atoms with Crippen LogP contribution in [0.25, 0.3) is 39.5 Å². The lowest BCUT2D eigenvalue weighted by atomic mass is 9.92. The van der Waals surface area contributed by atoms with Gasteiger partial charge in [0.1, 0.15) is 5.69 Å². The molecule has 0 unspecified atom stereocenters. The van der Waals surface area contributed by atoms with Gasteiger partial charge in [0, 0.05) is 23.3 Å².